The van der Waals surface area contributed by atoms with Crippen LogP contribution in [0.15, 0.2) is 23.1 Å². The van der Waals surface area contributed by atoms with Crippen LogP contribution in [0.3, 0.4) is 0 Å². The minimum absolute atomic E-state index is 0.0819. The molecule has 7 heteroatoms. The van der Waals surface area contributed by atoms with Gasteiger partial charge in [0.2, 0.25) is 10.0 Å². The molecule has 0 spiro atoms. The highest BCUT2D eigenvalue weighted by Crippen LogP contribution is 2.26. The summed E-state index contributed by atoms with van der Waals surface area (Å²) in [4.78, 5) is 0.147. The number of halogens is 2. The molecule has 1 fully saturated rings. The van der Waals surface area contributed by atoms with Crippen LogP contribution in [0.1, 0.15) is 6.92 Å². The normalized spacial score (nSPS) is 22.1. The van der Waals surface area contributed by atoms with E-state index in [0.29, 0.717) is 29.7 Å². The van der Waals surface area contributed by atoms with E-state index in [9.17, 15) is 8.42 Å². The predicted molar refractivity (Wildman–Crippen MR) is 72.7 cm³/mol. The van der Waals surface area contributed by atoms with Gasteiger partial charge in [0.1, 0.15) is 0 Å². The molecule has 1 N–H and O–H groups in total. The van der Waals surface area contributed by atoms with Gasteiger partial charge in [0, 0.05) is 35.7 Å². The number of benzene rings is 1. The maximum absolute atomic E-state index is 12.5. The van der Waals surface area contributed by atoms with Gasteiger partial charge < -0.3 is 5.32 Å². The molecule has 0 aliphatic carbocycles. The van der Waals surface area contributed by atoms with Gasteiger partial charge in [-0.15, -0.1) is 0 Å². The van der Waals surface area contributed by atoms with Crippen molar-refractivity contribution in [3.8, 4) is 0 Å². The quantitative estimate of drug-likeness (QED) is 0.909. The molecule has 0 amide bonds. The standard InChI is InChI=1S/C11H14Cl2N2O2S/c1-8-7-14-2-3-15(8)18(16,17)11-5-9(12)4-10(13)6-11/h4-6,8,14H,2-3,7H2,1H3/t8-/m0/s1. The van der Waals surface area contributed by atoms with E-state index in [1.54, 1.807) is 0 Å². The van der Waals surface area contributed by atoms with Crippen molar-refractivity contribution >= 4 is 33.2 Å². The highest BCUT2D eigenvalue weighted by atomic mass is 35.5. The van der Waals surface area contributed by atoms with E-state index >= 15 is 0 Å². The monoisotopic (exact) mass is 308 g/mol. The van der Waals surface area contributed by atoms with Crippen molar-refractivity contribution in [3.63, 3.8) is 0 Å². The van der Waals surface area contributed by atoms with Crippen molar-refractivity contribution in [1.82, 2.24) is 9.62 Å². The third kappa shape index (κ3) is 2.81. The smallest absolute Gasteiger partial charge is 0.243 e. The number of nitrogens with zero attached hydrogens (tertiary/aromatic N) is 1. The zero-order valence-electron chi connectivity index (χ0n) is 9.86. The largest absolute Gasteiger partial charge is 0.314 e. The van der Waals surface area contributed by atoms with Crippen molar-refractivity contribution < 1.29 is 8.42 Å². The molecule has 1 heterocycles. The summed E-state index contributed by atoms with van der Waals surface area (Å²) in [6, 6.07) is 4.29. The third-order valence-electron chi connectivity index (χ3n) is 2.88. The van der Waals surface area contributed by atoms with E-state index in [-0.39, 0.29) is 10.9 Å². The summed E-state index contributed by atoms with van der Waals surface area (Å²) in [5.41, 5.74) is 0. The first-order valence-electron chi connectivity index (χ1n) is 5.60. The maximum atomic E-state index is 12.5. The molecule has 1 aromatic carbocycles. The lowest BCUT2D eigenvalue weighted by atomic mass is 10.3. The zero-order chi connectivity index (χ0) is 13.3. The molecule has 2 rings (SSSR count). The van der Waals surface area contributed by atoms with Gasteiger partial charge in [0.25, 0.3) is 0 Å². The number of nitrogens with one attached hydrogen (secondary N) is 1. The summed E-state index contributed by atoms with van der Waals surface area (Å²) in [7, 11) is -3.53. The lowest BCUT2D eigenvalue weighted by molar-refractivity contribution is 0.284. The van der Waals surface area contributed by atoms with Crippen LogP contribution in [-0.4, -0.2) is 38.4 Å². The van der Waals surface area contributed by atoms with E-state index in [4.69, 9.17) is 23.2 Å². The molecule has 4 nitrogen and oxygen atoms in total. The van der Waals surface area contributed by atoms with Gasteiger partial charge >= 0.3 is 0 Å². The van der Waals surface area contributed by atoms with Gasteiger partial charge in [-0.05, 0) is 25.1 Å². The number of sulfonamides is 1. The molecule has 18 heavy (non-hydrogen) atoms. The molecule has 0 saturated carbocycles. The molecular formula is C11H14Cl2N2O2S. The summed E-state index contributed by atoms with van der Waals surface area (Å²) >= 11 is 11.7. The minimum Gasteiger partial charge on any atom is -0.314 e. The van der Waals surface area contributed by atoms with E-state index in [1.807, 2.05) is 6.92 Å². The Labute approximate surface area is 117 Å². The second kappa shape index (κ2) is 5.35. The molecular weight excluding hydrogens is 295 g/mol. The average Bonchev–Trinajstić information content (AvgIpc) is 2.28. The van der Waals surface area contributed by atoms with Crippen LogP contribution in [0, 0.1) is 0 Å². The van der Waals surface area contributed by atoms with Crippen molar-refractivity contribution in [2.45, 2.75) is 17.9 Å². The third-order valence-corrected chi connectivity index (χ3v) is 5.31. The Morgan fingerprint density at radius 2 is 1.89 bits per heavy atom. The molecule has 1 saturated heterocycles. The van der Waals surface area contributed by atoms with Crippen LogP contribution in [0.4, 0.5) is 0 Å². The maximum Gasteiger partial charge on any atom is 0.243 e. The molecule has 1 aliphatic rings. The summed E-state index contributed by atoms with van der Waals surface area (Å²) < 4.78 is 26.4. The van der Waals surface area contributed by atoms with Crippen molar-refractivity contribution in [2.24, 2.45) is 0 Å². The SMILES string of the molecule is C[C@H]1CNCCN1S(=O)(=O)c1cc(Cl)cc(Cl)c1. The molecule has 0 aromatic heterocycles. The molecule has 1 atom stereocenters. The lowest BCUT2D eigenvalue weighted by Crippen LogP contribution is -2.52. The number of hydrogen-bond donors (Lipinski definition) is 1. The van der Waals surface area contributed by atoms with Crippen LogP contribution in [0.5, 0.6) is 0 Å². The van der Waals surface area contributed by atoms with Gasteiger partial charge in [0.05, 0.1) is 4.90 Å². The van der Waals surface area contributed by atoms with Crippen LogP contribution in [0.2, 0.25) is 10.0 Å². The fourth-order valence-electron chi connectivity index (χ4n) is 1.99. The Kier molecular flexibility index (Phi) is 4.18. The van der Waals surface area contributed by atoms with E-state index in [1.165, 1.54) is 22.5 Å². The van der Waals surface area contributed by atoms with Crippen LogP contribution < -0.4 is 5.32 Å². The Morgan fingerprint density at radius 1 is 1.28 bits per heavy atom. The second-order valence-corrected chi connectivity index (χ2v) is 7.04. The second-order valence-electron chi connectivity index (χ2n) is 4.27. The number of hydrogen-bond acceptors (Lipinski definition) is 3. The number of piperazine rings is 1. The Balaban J connectivity index is 2.40. The first kappa shape index (κ1) is 14.1. The molecule has 0 unspecified atom stereocenters. The Morgan fingerprint density at radius 3 is 2.44 bits per heavy atom. The van der Waals surface area contributed by atoms with Gasteiger partial charge in [0.15, 0.2) is 0 Å². The molecule has 1 aromatic rings. The highest BCUT2D eigenvalue weighted by molar-refractivity contribution is 7.89. The van der Waals surface area contributed by atoms with E-state index in [2.05, 4.69) is 5.32 Å². The predicted octanol–water partition coefficient (Wildman–Crippen LogP) is 1.98. The van der Waals surface area contributed by atoms with Crippen molar-refractivity contribution in [2.75, 3.05) is 19.6 Å². The van der Waals surface area contributed by atoms with E-state index in [0.717, 1.165) is 0 Å². The summed E-state index contributed by atoms with van der Waals surface area (Å²) in [6.45, 7) is 3.62. The van der Waals surface area contributed by atoms with Crippen molar-refractivity contribution in [1.29, 1.82) is 0 Å². The Bertz CT molecular complexity index is 528. The highest BCUT2D eigenvalue weighted by Gasteiger charge is 2.31. The molecule has 1 aliphatic heterocycles. The molecule has 0 bridgehead atoms. The van der Waals surface area contributed by atoms with Crippen LogP contribution in [-0.2, 0) is 10.0 Å². The summed E-state index contributed by atoms with van der Waals surface area (Å²) in [5, 5.41) is 3.80. The first-order valence-corrected chi connectivity index (χ1v) is 7.79. The average molecular weight is 309 g/mol. The van der Waals surface area contributed by atoms with Gasteiger partial charge in [-0.25, -0.2) is 8.42 Å². The molecule has 100 valence electrons. The Hall–Kier alpha value is -0.330. The number of rotatable bonds is 2. The van der Waals surface area contributed by atoms with Crippen molar-refractivity contribution in [3.05, 3.63) is 28.2 Å². The fourth-order valence-corrected chi connectivity index (χ4v) is 4.35. The summed E-state index contributed by atoms with van der Waals surface area (Å²) in [6.07, 6.45) is 0. The fraction of sp³-hybridized carbons (Fsp3) is 0.455. The van der Waals surface area contributed by atoms with Crippen LogP contribution >= 0.6 is 23.2 Å². The zero-order valence-corrected chi connectivity index (χ0v) is 12.2. The van der Waals surface area contributed by atoms with Gasteiger partial charge in [-0.1, -0.05) is 23.2 Å². The lowest BCUT2D eigenvalue weighted by Gasteiger charge is -2.32. The molecule has 0 radical (unpaired) electrons. The first-order chi connectivity index (χ1) is 8.41. The van der Waals surface area contributed by atoms with Gasteiger partial charge in [-0.2, -0.15) is 4.31 Å². The van der Waals surface area contributed by atoms with Crippen LogP contribution in [0.25, 0.3) is 0 Å². The minimum atomic E-state index is -3.53. The van der Waals surface area contributed by atoms with Gasteiger partial charge in [-0.3, -0.25) is 0 Å². The topological polar surface area (TPSA) is 49.4 Å². The summed E-state index contributed by atoms with van der Waals surface area (Å²) in [5.74, 6) is 0. The van der Waals surface area contributed by atoms with E-state index < -0.39 is 10.0 Å².